The Balaban J connectivity index is 1.82. The SMILES string of the molecule is O=C(Nc1cccc(C(F)(F)F)c1)[C@H](Cc1ccccc1)n1cnnn1. The van der Waals surface area contributed by atoms with Crippen LogP contribution in [0.3, 0.4) is 0 Å². The standard InChI is InChI=1S/C17H14F3N5O/c18-17(19,20)13-7-4-8-14(10-13)22-16(26)15(25-11-21-23-24-25)9-12-5-2-1-3-6-12/h1-8,10-11,15H,9H2,(H,22,26)/t15-/m0/s1. The zero-order valence-corrected chi connectivity index (χ0v) is 13.4. The van der Waals surface area contributed by atoms with Crippen molar-refractivity contribution >= 4 is 11.6 Å². The molecule has 2 aromatic carbocycles. The van der Waals surface area contributed by atoms with Gasteiger partial charge in [0.25, 0.3) is 0 Å². The summed E-state index contributed by atoms with van der Waals surface area (Å²) in [7, 11) is 0. The Morgan fingerprint density at radius 2 is 1.88 bits per heavy atom. The van der Waals surface area contributed by atoms with Gasteiger partial charge in [-0.05, 0) is 34.2 Å². The first-order chi connectivity index (χ1) is 12.4. The Morgan fingerprint density at radius 3 is 2.54 bits per heavy atom. The summed E-state index contributed by atoms with van der Waals surface area (Å²) in [6, 6.07) is 12.8. The van der Waals surface area contributed by atoms with Gasteiger partial charge in [-0.1, -0.05) is 36.4 Å². The van der Waals surface area contributed by atoms with Gasteiger partial charge in [0.05, 0.1) is 5.56 Å². The van der Waals surface area contributed by atoms with Gasteiger partial charge in [-0.25, -0.2) is 4.68 Å². The van der Waals surface area contributed by atoms with Crippen LogP contribution in [-0.4, -0.2) is 26.1 Å². The number of carbonyl (C=O) groups excluding carboxylic acids is 1. The van der Waals surface area contributed by atoms with Crippen molar-refractivity contribution in [2.75, 3.05) is 5.32 Å². The average molecular weight is 361 g/mol. The van der Waals surface area contributed by atoms with Crippen molar-refractivity contribution in [3.05, 3.63) is 72.1 Å². The van der Waals surface area contributed by atoms with E-state index in [1.165, 1.54) is 23.1 Å². The summed E-state index contributed by atoms with van der Waals surface area (Å²) in [4.78, 5) is 12.7. The Hall–Kier alpha value is -3.23. The van der Waals surface area contributed by atoms with E-state index in [9.17, 15) is 18.0 Å². The maximum atomic E-state index is 12.8. The molecule has 1 N–H and O–H groups in total. The Morgan fingerprint density at radius 1 is 1.12 bits per heavy atom. The Bertz CT molecular complexity index is 866. The van der Waals surface area contributed by atoms with E-state index >= 15 is 0 Å². The van der Waals surface area contributed by atoms with Crippen LogP contribution < -0.4 is 5.32 Å². The average Bonchev–Trinajstić information content (AvgIpc) is 3.14. The lowest BCUT2D eigenvalue weighted by molar-refractivity contribution is -0.137. The van der Waals surface area contributed by atoms with Gasteiger partial charge in [0.15, 0.2) is 0 Å². The van der Waals surface area contributed by atoms with Gasteiger partial charge in [-0.15, -0.1) is 5.10 Å². The molecule has 3 aromatic rings. The number of benzene rings is 2. The van der Waals surface area contributed by atoms with Gasteiger partial charge in [0, 0.05) is 12.1 Å². The maximum absolute atomic E-state index is 12.8. The van der Waals surface area contributed by atoms with E-state index in [1.807, 2.05) is 30.3 Å². The van der Waals surface area contributed by atoms with Crippen molar-refractivity contribution in [2.24, 2.45) is 0 Å². The summed E-state index contributed by atoms with van der Waals surface area (Å²) in [5.74, 6) is -0.513. The summed E-state index contributed by atoms with van der Waals surface area (Å²) in [5.41, 5.74) is 0.0838. The first-order valence-electron chi connectivity index (χ1n) is 7.68. The third-order valence-electron chi connectivity index (χ3n) is 3.72. The van der Waals surface area contributed by atoms with E-state index in [-0.39, 0.29) is 12.1 Å². The number of nitrogens with zero attached hydrogens (tertiary/aromatic N) is 4. The van der Waals surface area contributed by atoms with Crippen molar-refractivity contribution in [1.82, 2.24) is 20.2 Å². The lowest BCUT2D eigenvalue weighted by atomic mass is 10.1. The van der Waals surface area contributed by atoms with Crippen molar-refractivity contribution < 1.29 is 18.0 Å². The number of hydrogen-bond donors (Lipinski definition) is 1. The predicted octanol–water partition coefficient (Wildman–Crippen LogP) is 3.11. The minimum Gasteiger partial charge on any atom is -0.324 e. The van der Waals surface area contributed by atoms with Crippen LogP contribution in [0.2, 0.25) is 0 Å². The maximum Gasteiger partial charge on any atom is 0.416 e. The third kappa shape index (κ3) is 4.24. The van der Waals surface area contributed by atoms with Gasteiger partial charge in [-0.3, -0.25) is 4.79 Å². The fraction of sp³-hybridized carbons (Fsp3) is 0.176. The first kappa shape index (κ1) is 17.6. The van der Waals surface area contributed by atoms with Crippen LogP contribution in [0.5, 0.6) is 0 Å². The van der Waals surface area contributed by atoms with Crippen LogP contribution in [0.4, 0.5) is 18.9 Å². The van der Waals surface area contributed by atoms with Gasteiger partial charge in [0.2, 0.25) is 5.91 Å². The second-order valence-corrected chi connectivity index (χ2v) is 5.56. The molecule has 0 spiro atoms. The molecule has 0 aliphatic carbocycles. The fourth-order valence-electron chi connectivity index (χ4n) is 2.45. The summed E-state index contributed by atoms with van der Waals surface area (Å²) >= 11 is 0. The Kier molecular flexibility index (Phi) is 4.97. The third-order valence-corrected chi connectivity index (χ3v) is 3.72. The summed E-state index contributed by atoms with van der Waals surface area (Å²) < 4.78 is 39.8. The molecule has 1 amide bonds. The molecular formula is C17H14F3N5O. The number of carbonyl (C=O) groups is 1. The van der Waals surface area contributed by atoms with Gasteiger partial charge in [-0.2, -0.15) is 13.2 Å². The molecule has 0 aliphatic rings. The molecule has 9 heteroatoms. The fourth-order valence-corrected chi connectivity index (χ4v) is 2.45. The summed E-state index contributed by atoms with van der Waals surface area (Å²) in [6.45, 7) is 0. The van der Waals surface area contributed by atoms with Crippen molar-refractivity contribution in [1.29, 1.82) is 0 Å². The molecule has 0 fully saturated rings. The van der Waals surface area contributed by atoms with Crippen LogP contribution >= 0.6 is 0 Å². The molecule has 0 aliphatic heterocycles. The molecular weight excluding hydrogens is 347 g/mol. The highest BCUT2D eigenvalue weighted by Gasteiger charge is 2.31. The molecule has 1 atom stereocenters. The normalized spacial score (nSPS) is 12.6. The van der Waals surface area contributed by atoms with Crippen molar-refractivity contribution in [3.8, 4) is 0 Å². The topological polar surface area (TPSA) is 72.7 Å². The van der Waals surface area contributed by atoms with Crippen molar-refractivity contribution in [3.63, 3.8) is 0 Å². The van der Waals surface area contributed by atoms with Crippen LogP contribution in [0.25, 0.3) is 0 Å². The first-order valence-corrected chi connectivity index (χ1v) is 7.68. The summed E-state index contributed by atoms with van der Waals surface area (Å²) in [5, 5.41) is 13.3. The van der Waals surface area contributed by atoms with Crippen LogP contribution in [0.1, 0.15) is 17.2 Å². The number of hydrogen-bond acceptors (Lipinski definition) is 4. The van der Waals surface area contributed by atoms with Gasteiger partial charge >= 0.3 is 6.18 Å². The number of rotatable bonds is 5. The van der Waals surface area contributed by atoms with Gasteiger partial charge in [0.1, 0.15) is 12.4 Å². The number of halogens is 3. The molecule has 26 heavy (non-hydrogen) atoms. The number of anilines is 1. The molecule has 1 aromatic heterocycles. The van der Waals surface area contributed by atoms with E-state index in [4.69, 9.17) is 0 Å². The molecule has 0 unspecified atom stereocenters. The molecule has 3 rings (SSSR count). The van der Waals surface area contributed by atoms with Crippen LogP contribution in [0.15, 0.2) is 60.9 Å². The van der Waals surface area contributed by atoms with E-state index in [2.05, 4.69) is 20.8 Å². The van der Waals surface area contributed by atoms with E-state index in [0.717, 1.165) is 17.7 Å². The predicted molar refractivity (Wildman–Crippen MR) is 87.1 cm³/mol. The molecule has 0 saturated heterocycles. The molecule has 134 valence electrons. The minimum absolute atomic E-state index is 0.0518. The highest BCUT2D eigenvalue weighted by atomic mass is 19.4. The second-order valence-electron chi connectivity index (χ2n) is 5.56. The molecule has 0 bridgehead atoms. The largest absolute Gasteiger partial charge is 0.416 e. The smallest absolute Gasteiger partial charge is 0.324 e. The molecule has 0 radical (unpaired) electrons. The number of tetrazole rings is 1. The lowest BCUT2D eigenvalue weighted by Gasteiger charge is -2.17. The number of aromatic nitrogens is 4. The Labute approximate surface area is 146 Å². The monoisotopic (exact) mass is 361 g/mol. The summed E-state index contributed by atoms with van der Waals surface area (Å²) in [6.07, 6.45) is -2.91. The van der Waals surface area contributed by atoms with E-state index in [1.54, 1.807) is 0 Å². The molecule has 1 heterocycles. The minimum atomic E-state index is -4.49. The number of nitrogens with one attached hydrogen (secondary N) is 1. The number of amides is 1. The number of alkyl halides is 3. The lowest BCUT2D eigenvalue weighted by Crippen LogP contribution is -2.28. The highest BCUT2D eigenvalue weighted by molar-refractivity contribution is 5.93. The van der Waals surface area contributed by atoms with Crippen LogP contribution in [0, 0.1) is 0 Å². The zero-order chi connectivity index (χ0) is 18.6. The van der Waals surface area contributed by atoms with Crippen LogP contribution in [-0.2, 0) is 17.4 Å². The van der Waals surface area contributed by atoms with Crippen molar-refractivity contribution in [2.45, 2.75) is 18.6 Å². The van der Waals surface area contributed by atoms with E-state index in [0.29, 0.717) is 0 Å². The molecule has 0 saturated carbocycles. The highest BCUT2D eigenvalue weighted by Crippen LogP contribution is 2.30. The van der Waals surface area contributed by atoms with Gasteiger partial charge < -0.3 is 5.32 Å². The molecule has 6 nitrogen and oxygen atoms in total. The second kappa shape index (κ2) is 7.34. The zero-order valence-electron chi connectivity index (χ0n) is 13.4. The quantitative estimate of drug-likeness (QED) is 0.758. The van der Waals surface area contributed by atoms with E-state index < -0.39 is 23.7 Å².